The van der Waals surface area contributed by atoms with Crippen LogP contribution < -0.4 is 5.32 Å². The minimum Gasteiger partial charge on any atom is -0.345 e. The number of likely N-dealkylation sites (tertiary alicyclic amines) is 2. The molecule has 3 rings (SSSR count). The van der Waals surface area contributed by atoms with Gasteiger partial charge < -0.3 is 20.0 Å². The van der Waals surface area contributed by atoms with Crippen LogP contribution in [-0.4, -0.2) is 84.8 Å². The molecule has 0 aromatic heterocycles. The van der Waals surface area contributed by atoms with E-state index in [1.807, 2.05) is 9.80 Å². The van der Waals surface area contributed by atoms with Crippen LogP contribution in [0.1, 0.15) is 19.3 Å². The maximum Gasteiger partial charge on any atom is 0.236 e. The van der Waals surface area contributed by atoms with Crippen LogP contribution in [0.2, 0.25) is 0 Å². The first-order valence-corrected chi connectivity index (χ1v) is 8.09. The second-order valence-electron chi connectivity index (χ2n) is 6.52. The van der Waals surface area contributed by atoms with Crippen molar-refractivity contribution in [1.82, 2.24) is 20.0 Å². The fraction of sp³-hybridized carbons (Fsp3) is 0.800. The minimum absolute atomic E-state index is 0. The Balaban J connectivity index is 0.00000192. The largest absolute Gasteiger partial charge is 0.345 e. The van der Waals surface area contributed by atoms with Gasteiger partial charge in [0.2, 0.25) is 17.7 Å². The first-order valence-electron chi connectivity index (χ1n) is 8.09. The number of carbonyl (C=O) groups excluding carboxylic acids is 3. The van der Waals surface area contributed by atoms with Gasteiger partial charge in [-0.1, -0.05) is 0 Å². The van der Waals surface area contributed by atoms with E-state index in [-0.39, 0.29) is 42.1 Å². The van der Waals surface area contributed by atoms with Gasteiger partial charge >= 0.3 is 0 Å². The average molecular weight is 345 g/mol. The van der Waals surface area contributed by atoms with Gasteiger partial charge in [0.15, 0.2) is 0 Å². The lowest BCUT2D eigenvalue weighted by molar-refractivity contribution is -0.142. The van der Waals surface area contributed by atoms with Crippen LogP contribution in [0.4, 0.5) is 0 Å². The summed E-state index contributed by atoms with van der Waals surface area (Å²) >= 11 is 0. The average Bonchev–Trinajstić information content (AvgIpc) is 2.86. The van der Waals surface area contributed by atoms with Crippen LogP contribution >= 0.6 is 12.4 Å². The van der Waals surface area contributed by atoms with Crippen molar-refractivity contribution in [2.45, 2.75) is 25.3 Å². The summed E-state index contributed by atoms with van der Waals surface area (Å²) < 4.78 is 0. The van der Waals surface area contributed by atoms with E-state index in [0.717, 1.165) is 32.5 Å². The Labute approximate surface area is 142 Å². The summed E-state index contributed by atoms with van der Waals surface area (Å²) in [6.45, 7) is 3.80. The van der Waals surface area contributed by atoms with E-state index in [1.54, 1.807) is 11.9 Å². The molecule has 130 valence electrons. The van der Waals surface area contributed by atoms with Crippen LogP contribution in [0.25, 0.3) is 0 Å². The van der Waals surface area contributed by atoms with Gasteiger partial charge in [0.1, 0.15) is 0 Å². The molecule has 0 radical (unpaired) electrons. The van der Waals surface area contributed by atoms with E-state index in [4.69, 9.17) is 0 Å². The summed E-state index contributed by atoms with van der Waals surface area (Å²) in [4.78, 5) is 41.7. The van der Waals surface area contributed by atoms with Gasteiger partial charge in [-0.25, -0.2) is 0 Å². The van der Waals surface area contributed by atoms with Gasteiger partial charge in [-0.15, -0.1) is 12.4 Å². The van der Waals surface area contributed by atoms with Gasteiger partial charge in [0.05, 0.1) is 12.5 Å². The van der Waals surface area contributed by atoms with Gasteiger partial charge in [0.25, 0.3) is 0 Å². The Morgan fingerprint density at radius 3 is 2.61 bits per heavy atom. The summed E-state index contributed by atoms with van der Waals surface area (Å²) in [6.07, 6.45) is 2.20. The van der Waals surface area contributed by atoms with Gasteiger partial charge in [-0.2, -0.15) is 0 Å². The van der Waals surface area contributed by atoms with E-state index >= 15 is 0 Å². The summed E-state index contributed by atoms with van der Waals surface area (Å²) in [7, 11) is 1.74. The number of hydrogen-bond donors (Lipinski definition) is 1. The van der Waals surface area contributed by atoms with Crippen molar-refractivity contribution < 1.29 is 14.4 Å². The first kappa shape index (κ1) is 18.0. The number of piperidine rings is 1. The molecule has 3 aliphatic rings. The molecule has 3 aliphatic heterocycles. The highest BCUT2D eigenvalue weighted by Crippen LogP contribution is 2.23. The van der Waals surface area contributed by atoms with Crippen LogP contribution in [0.5, 0.6) is 0 Å². The van der Waals surface area contributed by atoms with Crippen LogP contribution in [0.15, 0.2) is 0 Å². The zero-order chi connectivity index (χ0) is 15.7. The lowest BCUT2D eigenvalue weighted by Crippen LogP contribution is -2.58. The predicted octanol–water partition coefficient (Wildman–Crippen LogP) is -0.691. The Hall–Kier alpha value is -1.34. The number of nitrogens with zero attached hydrogens (tertiary/aromatic N) is 3. The fourth-order valence-corrected chi connectivity index (χ4v) is 3.70. The van der Waals surface area contributed by atoms with E-state index < -0.39 is 0 Å². The minimum atomic E-state index is -0.213. The molecule has 0 aliphatic carbocycles. The molecule has 2 unspecified atom stereocenters. The number of amides is 3. The summed E-state index contributed by atoms with van der Waals surface area (Å²) in [5.41, 5.74) is 0. The number of halogens is 1. The third-order valence-corrected chi connectivity index (χ3v) is 4.97. The highest BCUT2D eigenvalue weighted by Gasteiger charge is 2.37. The quantitative estimate of drug-likeness (QED) is 0.719. The summed E-state index contributed by atoms with van der Waals surface area (Å²) in [6, 6.07) is 0.127. The maximum atomic E-state index is 12.6. The zero-order valence-electron chi connectivity index (χ0n) is 13.5. The Morgan fingerprint density at radius 2 is 1.96 bits per heavy atom. The Morgan fingerprint density at radius 1 is 1.17 bits per heavy atom. The predicted molar refractivity (Wildman–Crippen MR) is 87.2 cm³/mol. The molecule has 23 heavy (non-hydrogen) atoms. The second kappa shape index (κ2) is 7.49. The van der Waals surface area contributed by atoms with Crippen LogP contribution in [0, 0.1) is 5.92 Å². The fourth-order valence-electron chi connectivity index (χ4n) is 3.70. The van der Waals surface area contributed by atoms with Crippen molar-refractivity contribution in [2.24, 2.45) is 5.92 Å². The maximum absolute atomic E-state index is 12.6. The molecule has 0 spiro atoms. The third kappa shape index (κ3) is 3.77. The highest BCUT2D eigenvalue weighted by molar-refractivity contribution is 5.89. The zero-order valence-corrected chi connectivity index (χ0v) is 14.3. The monoisotopic (exact) mass is 344 g/mol. The molecule has 0 aromatic rings. The van der Waals surface area contributed by atoms with Crippen molar-refractivity contribution in [3.8, 4) is 0 Å². The van der Waals surface area contributed by atoms with E-state index in [1.165, 1.54) is 0 Å². The molecule has 3 heterocycles. The van der Waals surface area contributed by atoms with Gasteiger partial charge in [-0.05, 0) is 12.8 Å². The lowest BCUT2D eigenvalue weighted by Gasteiger charge is -2.41. The van der Waals surface area contributed by atoms with Crippen molar-refractivity contribution in [1.29, 1.82) is 0 Å². The number of carbonyl (C=O) groups is 3. The molecule has 0 saturated carbocycles. The van der Waals surface area contributed by atoms with Crippen molar-refractivity contribution in [3.05, 3.63) is 0 Å². The highest BCUT2D eigenvalue weighted by atomic mass is 35.5. The van der Waals surface area contributed by atoms with Gasteiger partial charge in [-0.3, -0.25) is 14.4 Å². The van der Waals surface area contributed by atoms with Crippen molar-refractivity contribution in [3.63, 3.8) is 0 Å². The summed E-state index contributed by atoms with van der Waals surface area (Å²) in [5.74, 6) is 0.0328. The molecular weight excluding hydrogens is 320 g/mol. The van der Waals surface area contributed by atoms with Crippen molar-refractivity contribution in [2.75, 3.05) is 46.3 Å². The third-order valence-electron chi connectivity index (χ3n) is 4.97. The Kier molecular flexibility index (Phi) is 5.86. The normalized spacial score (nSPS) is 28.8. The molecule has 3 saturated heterocycles. The molecule has 0 bridgehead atoms. The molecule has 3 fully saturated rings. The summed E-state index contributed by atoms with van der Waals surface area (Å²) in [5, 5.41) is 3.08. The molecule has 0 aromatic carbocycles. The SMILES string of the molecule is CN1CC(C(=O)N2CCCC(N3CCNCC3=O)C2)CC1=O.Cl. The molecule has 7 nitrogen and oxygen atoms in total. The molecular formula is C15H25ClN4O3. The smallest absolute Gasteiger partial charge is 0.236 e. The molecule has 3 amide bonds. The standard InChI is InChI=1S/C15H24N4O3.ClH/c1-17-9-11(7-13(17)20)15(22)18-5-2-3-12(10-18)19-6-4-16-8-14(19)21;/h11-12,16H,2-10H2,1H3;1H. The number of piperazine rings is 1. The van der Waals surface area contributed by atoms with Gasteiger partial charge in [0, 0.05) is 52.2 Å². The van der Waals surface area contributed by atoms with Crippen LogP contribution in [-0.2, 0) is 14.4 Å². The second-order valence-corrected chi connectivity index (χ2v) is 6.52. The van der Waals surface area contributed by atoms with Crippen LogP contribution in [0.3, 0.4) is 0 Å². The van der Waals surface area contributed by atoms with E-state index in [2.05, 4.69) is 5.32 Å². The van der Waals surface area contributed by atoms with Crippen molar-refractivity contribution >= 4 is 30.1 Å². The molecule has 1 N–H and O–H groups in total. The molecule has 2 atom stereocenters. The number of rotatable bonds is 2. The lowest BCUT2D eigenvalue weighted by atomic mass is 10.00. The number of hydrogen-bond acceptors (Lipinski definition) is 4. The Bertz CT molecular complexity index is 487. The topological polar surface area (TPSA) is 73.0 Å². The van der Waals surface area contributed by atoms with E-state index in [0.29, 0.717) is 26.1 Å². The molecule has 8 heteroatoms. The van der Waals surface area contributed by atoms with E-state index in [9.17, 15) is 14.4 Å². The first-order chi connectivity index (χ1) is 10.6. The number of nitrogens with one attached hydrogen (secondary N) is 1.